The smallest absolute Gasteiger partial charge is 0.0972 e. The minimum atomic E-state index is 0.107. The van der Waals surface area contributed by atoms with E-state index in [-0.39, 0.29) is 5.41 Å². The number of nitrogens with one attached hydrogen (secondary N) is 1. The average Bonchev–Trinajstić information content (AvgIpc) is 2.86. The highest BCUT2D eigenvalue weighted by molar-refractivity contribution is 7.09. The van der Waals surface area contributed by atoms with E-state index in [2.05, 4.69) is 50.5 Å². The molecule has 0 aliphatic heterocycles. The molecule has 2 aromatic rings. The van der Waals surface area contributed by atoms with Gasteiger partial charge in [0.2, 0.25) is 0 Å². The highest BCUT2D eigenvalue weighted by atomic mass is 35.5. The highest BCUT2D eigenvalue weighted by Gasteiger charge is 2.17. The Labute approximate surface area is 136 Å². The molecule has 0 atom stereocenters. The van der Waals surface area contributed by atoms with Crippen LogP contribution in [-0.2, 0) is 18.4 Å². The molecule has 2 rings (SSSR count). The van der Waals surface area contributed by atoms with Crippen LogP contribution in [-0.4, -0.2) is 11.5 Å². The topological polar surface area (TPSA) is 24.9 Å². The van der Waals surface area contributed by atoms with Crippen molar-refractivity contribution in [3.8, 4) is 0 Å². The molecule has 1 N–H and O–H groups in total. The lowest BCUT2D eigenvalue weighted by Crippen LogP contribution is -2.13. The maximum absolute atomic E-state index is 6.16. The number of benzene rings is 1. The fraction of sp³-hybridized carbons (Fsp3) is 0.471. The maximum Gasteiger partial charge on any atom is 0.0972 e. The Morgan fingerprint density at radius 1 is 1.24 bits per heavy atom. The molecule has 1 heterocycles. The molecular weight excluding hydrogens is 300 g/mol. The minimum Gasteiger partial charge on any atom is -0.313 e. The monoisotopic (exact) mass is 322 g/mol. The number of halogens is 1. The van der Waals surface area contributed by atoms with Gasteiger partial charge in [-0.15, -0.1) is 11.3 Å². The molecule has 2 nitrogen and oxygen atoms in total. The molecule has 21 heavy (non-hydrogen) atoms. The second-order valence-corrected chi connectivity index (χ2v) is 7.63. The van der Waals surface area contributed by atoms with E-state index in [1.807, 2.05) is 6.07 Å². The molecule has 0 saturated heterocycles. The summed E-state index contributed by atoms with van der Waals surface area (Å²) in [4.78, 5) is 4.78. The zero-order valence-electron chi connectivity index (χ0n) is 13.2. The van der Waals surface area contributed by atoms with Crippen molar-refractivity contribution in [3.05, 3.63) is 50.4 Å². The summed E-state index contributed by atoms with van der Waals surface area (Å²) in [5.41, 5.74) is 3.83. The van der Waals surface area contributed by atoms with E-state index in [9.17, 15) is 0 Å². The van der Waals surface area contributed by atoms with Crippen LogP contribution in [0.1, 0.15) is 49.5 Å². The molecule has 0 aliphatic carbocycles. The molecule has 1 aromatic heterocycles. The van der Waals surface area contributed by atoms with Crippen molar-refractivity contribution in [2.24, 2.45) is 0 Å². The molecule has 0 aliphatic rings. The average molecular weight is 323 g/mol. The number of rotatable bonds is 5. The van der Waals surface area contributed by atoms with E-state index in [1.165, 1.54) is 11.1 Å². The molecule has 4 heteroatoms. The summed E-state index contributed by atoms with van der Waals surface area (Å²) >= 11 is 7.89. The summed E-state index contributed by atoms with van der Waals surface area (Å²) in [5, 5.41) is 7.49. The maximum atomic E-state index is 6.16. The largest absolute Gasteiger partial charge is 0.313 e. The van der Waals surface area contributed by atoms with Crippen LogP contribution in [0.25, 0.3) is 0 Å². The van der Waals surface area contributed by atoms with Crippen molar-refractivity contribution in [2.45, 2.75) is 46.1 Å². The van der Waals surface area contributed by atoms with Gasteiger partial charge < -0.3 is 5.32 Å². The molecule has 1 aromatic carbocycles. The zero-order chi connectivity index (χ0) is 15.5. The Morgan fingerprint density at radius 2 is 2.00 bits per heavy atom. The third-order valence-electron chi connectivity index (χ3n) is 3.40. The van der Waals surface area contributed by atoms with Gasteiger partial charge in [0.15, 0.2) is 0 Å². The number of hydrogen-bond donors (Lipinski definition) is 1. The molecule has 0 saturated carbocycles. The van der Waals surface area contributed by atoms with Gasteiger partial charge in [-0.05, 0) is 29.8 Å². The van der Waals surface area contributed by atoms with Crippen LogP contribution in [0.2, 0.25) is 5.02 Å². The van der Waals surface area contributed by atoms with Crippen LogP contribution >= 0.6 is 22.9 Å². The number of thiazole rings is 1. The molecule has 114 valence electrons. The summed E-state index contributed by atoms with van der Waals surface area (Å²) in [6.07, 6.45) is 0.849. The Bertz CT molecular complexity index is 599. The summed E-state index contributed by atoms with van der Waals surface area (Å²) in [6.45, 7) is 10.5. The summed E-state index contributed by atoms with van der Waals surface area (Å²) in [5.74, 6) is 0. The molecule has 0 amide bonds. The Morgan fingerprint density at radius 3 is 2.62 bits per heavy atom. The molecule has 0 bridgehead atoms. The SMILES string of the molecule is CCNCc1ccc(Cl)cc1Cc1nc(C(C)(C)C)cs1. The van der Waals surface area contributed by atoms with Crippen molar-refractivity contribution in [2.75, 3.05) is 6.54 Å². The van der Waals surface area contributed by atoms with Crippen LogP contribution < -0.4 is 5.32 Å². The van der Waals surface area contributed by atoms with Crippen molar-refractivity contribution >= 4 is 22.9 Å². The summed E-state index contributed by atoms with van der Waals surface area (Å²) in [6, 6.07) is 6.13. The normalized spacial score (nSPS) is 11.9. The van der Waals surface area contributed by atoms with Crippen LogP contribution in [0, 0.1) is 0 Å². The zero-order valence-corrected chi connectivity index (χ0v) is 14.7. The van der Waals surface area contributed by atoms with Gasteiger partial charge in [-0.3, -0.25) is 0 Å². The van der Waals surface area contributed by atoms with E-state index in [0.717, 1.165) is 35.2 Å². The second kappa shape index (κ2) is 6.91. The van der Waals surface area contributed by atoms with Crippen molar-refractivity contribution in [1.82, 2.24) is 10.3 Å². The van der Waals surface area contributed by atoms with E-state index >= 15 is 0 Å². The van der Waals surface area contributed by atoms with E-state index in [4.69, 9.17) is 16.6 Å². The first-order valence-corrected chi connectivity index (χ1v) is 8.59. The van der Waals surface area contributed by atoms with Crippen LogP contribution in [0.4, 0.5) is 0 Å². The van der Waals surface area contributed by atoms with Gasteiger partial charge in [-0.2, -0.15) is 0 Å². The van der Waals surface area contributed by atoms with Crippen LogP contribution in [0.3, 0.4) is 0 Å². The summed E-state index contributed by atoms with van der Waals surface area (Å²) < 4.78 is 0. The van der Waals surface area contributed by atoms with Crippen molar-refractivity contribution in [1.29, 1.82) is 0 Å². The standard InChI is InChI=1S/C17H23ClN2S/c1-5-19-10-12-6-7-14(18)8-13(12)9-16-20-15(11-21-16)17(2,3)4/h6-8,11,19H,5,9-10H2,1-4H3. The number of hydrogen-bond acceptors (Lipinski definition) is 3. The van der Waals surface area contributed by atoms with Crippen LogP contribution in [0.5, 0.6) is 0 Å². The second-order valence-electron chi connectivity index (χ2n) is 6.25. The first-order chi connectivity index (χ1) is 9.90. The summed E-state index contributed by atoms with van der Waals surface area (Å²) in [7, 11) is 0. The fourth-order valence-corrected chi connectivity index (χ4v) is 3.33. The van der Waals surface area contributed by atoms with Gasteiger partial charge in [-0.25, -0.2) is 4.98 Å². The van der Waals surface area contributed by atoms with Gasteiger partial charge in [-0.1, -0.05) is 45.4 Å². The van der Waals surface area contributed by atoms with Crippen molar-refractivity contribution < 1.29 is 0 Å². The van der Waals surface area contributed by atoms with Crippen molar-refractivity contribution in [3.63, 3.8) is 0 Å². The van der Waals surface area contributed by atoms with E-state index < -0.39 is 0 Å². The van der Waals surface area contributed by atoms with Crippen LogP contribution in [0.15, 0.2) is 23.6 Å². The number of aromatic nitrogens is 1. The quantitative estimate of drug-likeness (QED) is 0.855. The lowest BCUT2D eigenvalue weighted by molar-refractivity contribution is 0.571. The third kappa shape index (κ3) is 4.53. The van der Waals surface area contributed by atoms with Gasteiger partial charge in [0.1, 0.15) is 0 Å². The number of nitrogens with zero attached hydrogens (tertiary/aromatic N) is 1. The molecular formula is C17H23ClN2S. The lowest BCUT2D eigenvalue weighted by atomic mass is 9.93. The Balaban J connectivity index is 2.22. The van der Waals surface area contributed by atoms with Gasteiger partial charge in [0, 0.05) is 28.8 Å². The lowest BCUT2D eigenvalue weighted by Gasteiger charge is -2.14. The predicted molar refractivity (Wildman–Crippen MR) is 92.5 cm³/mol. The first-order valence-electron chi connectivity index (χ1n) is 7.33. The first kappa shape index (κ1) is 16.5. The highest BCUT2D eigenvalue weighted by Crippen LogP contribution is 2.26. The van der Waals surface area contributed by atoms with Gasteiger partial charge in [0.25, 0.3) is 0 Å². The third-order valence-corrected chi connectivity index (χ3v) is 4.48. The predicted octanol–water partition coefficient (Wildman–Crippen LogP) is 4.79. The fourth-order valence-electron chi connectivity index (χ4n) is 2.09. The minimum absolute atomic E-state index is 0.107. The van der Waals surface area contributed by atoms with Gasteiger partial charge >= 0.3 is 0 Å². The Hall–Kier alpha value is -0.900. The molecule has 0 spiro atoms. The Kier molecular flexibility index (Phi) is 5.42. The van der Waals surface area contributed by atoms with E-state index in [1.54, 1.807) is 11.3 Å². The molecule has 0 radical (unpaired) electrons. The molecule has 0 fully saturated rings. The van der Waals surface area contributed by atoms with Gasteiger partial charge in [0.05, 0.1) is 10.7 Å². The molecule has 0 unspecified atom stereocenters. The van der Waals surface area contributed by atoms with E-state index in [0.29, 0.717) is 0 Å².